The van der Waals surface area contributed by atoms with Crippen LogP contribution in [0.25, 0.3) is 10.8 Å². The SMILES string of the molecule is O=C1NC(=O)C2(CCC(c3cccc4ccccc34)CC2)N1. The van der Waals surface area contributed by atoms with Gasteiger partial charge in [0.2, 0.25) is 0 Å². The normalized spacial score (nSPS) is 27.9. The molecule has 112 valence electrons. The van der Waals surface area contributed by atoms with E-state index in [0.29, 0.717) is 18.8 Å². The molecule has 3 amide bonds. The Morgan fingerprint density at radius 1 is 0.955 bits per heavy atom. The Kier molecular flexibility index (Phi) is 2.93. The molecule has 22 heavy (non-hydrogen) atoms. The molecular weight excluding hydrogens is 276 g/mol. The summed E-state index contributed by atoms with van der Waals surface area (Å²) in [5.74, 6) is 0.288. The highest BCUT2D eigenvalue weighted by atomic mass is 16.2. The first kappa shape index (κ1) is 13.3. The molecule has 2 fully saturated rings. The van der Waals surface area contributed by atoms with Crippen LogP contribution in [-0.2, 0) is 4.79 Å². The van der Waals surface area contributed by atoms with Gasteiger partial charge in [0.15, 0.2) is 0 Å². The zero-order valence-corrected chi connectivity index (χ0v) is 12.3. The first-order valence-electron chi connectivity index (χ1n) is 7.79. The molecule has 1 saturated heterocycles. The number of carbonyl (C=O) groups excluding carboxylic acids is 2. The lowest BCUT2D eigenvalue weighted by atomic mass is 9.73. The van der Waals surface area contributed by atoms with Crippen LogP contribution in [0.5, 0.6) is 0 Å². The van der Waals surface area contributed by atoms with Gasteiger partial charge in [0.1, 0.15) is 5.54 Å². The van der Waals surface area contributed by atoms with Crippen LogP contribution in [0.15, 0.2) is 42.5 Å². The highest BCUT2D eigenvalue weighted by Crippen LogP contribution is 2.41. The number of urea groups is 1. The predicted octanol–water partition coefficient (Wildman–Crippen LogP) is 3.08. The molecule has 0 radical (unpaired) electrons. The van der Waals surface area contributed by atoms with Gasteiger partial charge in [0, 0.05) is 0 Å². The summed E-state index contributed by atoms with van der Waals surface area (Å²) in [5.41, 5.74) is 0.690. The first-order valence-corrected chi connectivity index (χ1v) is 7.79. The number of benzene rings is 2. The Labute approximate surface area is 128 Å². The van der Waals surface area contributed by atoms with Crippen molar-refractivity contribution in [2.45, 2.75) is 37.1 Å². The van der Waals surface area contributed by atoms with Gasteiger partial charge in [-0.1, -0.05) is 42.5 Å². The number of rotatable bonds is 1. The molecule has 2 N–H and O–H groups in total. The van der Waals surface area contributed by atoms with Gasteiger partial charge in [0.05, 0.1) is 0 Å². The van der Waals surface area contributed by atoms with Crippen molar-refractivity contribution < 1.29 is 9.59 Å². The highest BCUT2D eigenvalue weighted by molar-refractivity contribution is 6.07. The quantitative estimate of drug-likeness (QED) is 0.794. The number of imide groups is 1. The van der Waals surface area contributed by atoms with E-state index in [9.17, 15) is 9.59 Å². The fourth-order valence-electron chi connectivity index (χ4n) is 3.91. The van der Waals surface area contributed by atoms with E-state index < -0.39 is 5.54 Å². The highest BCUT2D eigenvalue weighted by Gasteiger charge is 2.48. The fraction of sp³-hybridized carbons (Fsp3) is 0.333. The summed E-state index contributed by atoms with van der Waals surface area (Å²) in [4.78, 5) is 23.4. The molecule has 0 bridgehead atoms. The minimum atomic E-state index is -0.668. The molecule has 1 aliphatic heterocycles. The third-order valence-electron chi connectivity index (χ3n) is 5.12. The molecule has 4 heteroatoms. The van der Waals surface area contributed by atoms with Crippen LogP contribution in [0.2, 0.25) is 0 Å². The number of amides is 3. The van der Waals surface area contributed by atoms with E-state index in [1.54, 1.807) is 0 Å². The van der Waals surface area contributed by atoms with Crippen molar-refractivity contribution in [3.8, 4) is 0 Å². The third kappa shape index (κ3) is 1.98. The molecule has 1 saturated carbocycles. The fourth-order valence-corrected chi connectivity index (χ4v) is 3.91. The Morgan fingerprint density at radius 3 is 2.41 bits per heavy atom. The summed E-state index contributed by atoms with van der Waals surface area (Å²) in [5, 5.41) is 7.75. The Hall–Kier alpha value is -2.36. The molecule has 1 aliphatic carbocycles. The number of carbonyl (C=O) groups is 2. The number of fused-ring (bicyclic) bond motifs is 1. The standard InChI is InChI=1S/C18H18N2O2/c21-16-18(20-17(22)19-16)10-8-13(9-11-18)15-7-3-5-12-4-1-2-6-14(12)15/h1-7,13H,8-11H2,(H2,19,20,21,22). The molecule has 1 spiro atoms. The molecule has 2 aromatic carbocycles. The lowest BCUT2D eigenvalue weighted by molar-refractivity contribution is -0.125. The molecule has 1 heterocycles. The summed E-state index contributed by atoms with van der Waals surface area (Å²) in [6.45, 7) is 0. The average Bonchev–Trinajstić information content (AvgIpc) is 2.81. The molecule has 0 unspecified atom stereocenters. The number of hydrogen-bond donors (Lipinski definition) is 2. The van der Waals surface area contributed by atoms with Crippen molar-refractivity contribution in [3.63, 3.8) is 0 Å². The van der Waals surface area contributed by atoms with Crippen molar-refractivity contribution in [2.24, 2.45) is 0 Å². The van der Waals surface area contributed by atoms with Gasteiger partial charge in [-0.3, -0.25) is 10.1 Å². The second kappa shape index (κ2) is 4.83. The lowest BCUT2D eigenvalue weighted by Crippen LogP contribution is -2.49. The second-order valence-corrected chi connectivity index (χ2v) is 6.33. The first-order chi connectivity index (χ1) is 10.7. The van der Waals surface area contributed by atoms with E-state index in [0.717, 1.165) is 12.8 Å². The van der Waals surface area contributed by atoms with Crippen molar-refractivity contribution in [3.05, 3.63) is 48.0 Å². The van der Waals surface area contributed by atoms with Crippen LogP contribution < -0.4 is 10.6 Å². The van der Waals surface area contributed by atoms with E-state index in [4.69, 9.17) is 0 Å². The van der Waals surface area contributed by atoms with Gasteiger partial charge in [-0.25, -0.2) is 4.79 Å². The van der Waals surface area contributed by atoms with Gasteiger partial charge in [0.25, 0.3) is 5.91 Å². The second-order valence-electron chi connectivity index (χ2n) is 6.33. The summed E-state index contributed by atoms with van der Waals surface area (Å²) in [6, 6.07) is 14.5. The van der Waals surface area contributed by atoms with Crippen LogP contribution in [0.3, 0.4) is 0 Å². The topological polar surface area (TPSA) is 58.2 Å². The van der Waals surface area contributed by atoms with E-state index in [1.807, 2.05) is 0 Å². The molecule has 2 aromatic rings. The van der Waals surface area contributed by atoms with Gasteiger partial charge < -0.3 is 5.32 Å². The summed E-state index contributed by atoms with van der Waals surface area (Å²) < 4.78 is 0. The summed E-state index contributed by atoms with van der Waals surface area (Å²) in [7, 11) is 0. The molecule has 2 aliphatic rings. The minimum Gasteiger partial charge on any atom is -0.323 e. The maximum Gasteiger partial charge on any atom is 0.322 e. The lowest BCUT2D eigenvalue weighted by Gasteiger charge is -2.35. The molecule has 4 rings (SSSR count). The van der Waals surface area contributed by atoms with Crippen LogP contribution in [0, 0.1) is 0 Å². The van der Waals surface area contributed by atoms with Crippen LogP contribution >= 0.6 is 0 Å². The van der Waals surface area contributed by atoms with Crippen molar-refractivity contribution in [1.29, 1.82) is 0 Å². The van der Waals surface area contributed by atoms with Gasteiger partial charge in [-0.05, 0) is 47.9 Å². The Bertz CT molecular complexity index is 755. The summed E-state index contributed by atoms with van der Waals surface area (Å²) in [6.07, 6.45) is 3.25. The van der Waals surface area contributed by atoms with Gasteiger partial charge in [-0.15, -0.1) is 0 Å². The Balaban J connectivity index is 1.61. The van der Waals surface area contributed by atoms with Crippen LogP contribution in [-0.4, -0.2) is 17.5 Å². The maximum atomic E-state index is 12.0. The van der Waals surface area contributed by atoms with E-state index in [1.165, 1.54) is 16.3 Å². The van der Waals surface area contributed by atoms with Crippen molar-refractivity contribution in [2.75, 3.05) is 0 Å². The van der Waals surface area contributed by atoms with Crippen molar-refractivity contribution >= 4 is 22.7 Å². The zero-order valence-electron chi connectivity index (χ0n) is 12.3. The average molecular weight is 294 g/mol. The zero-order chi connectivity index (χ0) is 15.2. The summed E-state index contributed by atoms with van der Waals surface area (Å²) >= 11 is 0. The largest absolute Gasteiger partial charge is 0.323 e. The van der Waals surface area contributed by atoms with E-state index in [2.05, 4.69) is 53.1 Å². The minimum absolute atomic E-state index is 0.158. The van der Waals surface area contributed by atoms with Gasteiger partial charge >= 0.3 is 6.03 Å². The Morgan fingerprint density at radius 2 is 1.68 bits per heavy atom. The number of hydrogen-bond acceptors (Lipinski definition) is 2. The van der Waals surface area contributed by atoms with Crippen molar-refractivity contribution in [1.82, 2.24) is 10.6 Å². The third-order valence-corrected chi connectivity index (χ3v) is 5.12. The smallest absolute Gasteiger partial charge is 0.322 e. The van der Waals surface area contributed by atoms with Crippen LogP contribution in [0.1, 0.15) is 37.2 Å². The molecular formula is C18H18N2O2. The maximum absolute atomic E-state index is 12.0. The molecule has 0 atom stereocenters. The van der Waals surface area contributed by atoms with Crippen LogP contribution in [0.4, 0.5) is 4.79 Å². The predicted molar refractivity (Wildman–Crippen MR) is 84.6 cm³/mol. The van der Waals surface area contributed by atoms with Gasteiger partial charge in [-0.2, -0.15) is 0 Å². The molecule has 0 aromatic heterocycles. The van der Waals surface area contributed by atoms with E-state index >= 15 is 0 Å². The van der Waals surface area contributed by atoms with E-state index in [-0.39, 0.29) is 11.9 Å². The monoisotopic (exact) mass is 294 g/mol. The molecule has 4 nitrogen and oxygen atoms in total. The number of nitrogens with one attached hydrogen (secondary N) is 2.